The number of carbonyl (C=O) groups excluding carboxylic acids is 2. The van der Waals surface area contributed by atoms with Crippen LogP contribution < -0.4 is 20.3 Å². The van der Waals surface area contributed by atoms with Crippen LogP contribution in [-0.4, -0.2) is 52.3 Å². The summed E-state index contributed by atoms with van der Waals surface area (Å²) >= 11 is 5.93. The Morgan fingerprint density at radius 1 is 1.38 bits per heavy atom. The predicted molar refractivity (Wildman–Crippen MR) is 91.6 cm³/mol. The third-order valence-corrected chi connectivity index (χ3v) is 4.32. The third kappa shape index (κ3) is 5.66. The molecule has 1 atom stereocenters. The van der Waals surface area contributed by atoms with Crippen molar-refractivity contribution in [2.75, 3.05) is 30.8 Å². The maximum atomic E-state index is 12.1. The smallest absolute Gasteiger partial charge is 0.315 e. The van der Waals surface area contributed by atoms with Crippen molar-refractivity contribution < 1.29 is 18.0 Å². The Labute approximate surface area is 145 Å². The van der Waals surface area contributed by atoms with E-state index in [0.29, 0.717) is 17.3 Å². The average Bonchev–Trinajstić information content (AvgIpc) is 2.83. The molecule has 1 aliphatic rings. The minimum absolute atomic E-state index is 0.0960. The maximum absolute atomic E-state index is 12.1. The highest BCUT2D eigenvalue weighted by molar-refractivity contribution is 7.88. The summed E-state index contributed by atoms with van der Waals surface area (Å²) < 4.78 is 24.1. The molecule has 3 N–H and O–H groups in total. The second-order valence-electron chi connectivity index (χ2n) is 5.45. The molecule has 8 nitrogen and oxygen atoms in total. The lowest BCUT2D eigenvalue weighted by Gasteiger charge is -2.17. The van der Waals surface area contributed by atoms with Crippen LogP contribution in [0.5, 0.6) is 0 Å². The fourth-order valence-electron chi connectivity index (χ4n) is 2.35. The van der Waals surface area contributed by atoms with E-state index in [1.807, 2.05) is 0 Å². The lowest BCUT2D eigenvalue weighted by Crippen LogP contribution is -2.45. The SMILES string of the molecule is CS(=O)(=O)NCCNC(=O)NC1CC(=O)N(c2cccc(Cl)c2)C1. The van der Waals surface area contributed by atoms with Gasteiger partial charge in [-0.05, 0) is 18.2 Å². The molecule has 1 aromatic rings. The summed E-state index contributed by atoms with van der Waals surface area (Å²) in [5, 5.41) is 5.77. The summed E-state index contributed by atoms with van der Waals surface area (Å²) in [4.78, 5) is 25.4. The first-order valence-electron chi connectivity index (χ1n) is 7.29. The van der Waals surface area contributed by atoms with Gasteiger partial charge in [0, 0.05) is 36.8 Å². The molecule has 1 heterocycles. The molecule has 1 fully saturated rings. The van der Waals surface area contributed by atoms with Gasteiger partial charge < -0.3 is 15.5 Å². The molecule has 24 heavy (non-hydrogen) atoms. The third-order valence-electron chi connectivity index (χ3n) is 3.35. The Hall–Kier alpha value is -1.84. The molecule has 1 unspecified atom stereocenters. The topological polar surface area (TPSA) is 108 Å². The number of rotatable bonds is 6. The van der Waals surface area contributed by atoms with Crippen molar-refractivity contribution in [3.05, 3.63) is 29.3 Å². The number of nitrogens with zero attached hydrogens (tertiary/aromatic N) is 1. The second kappa shape index (κ2) is 7.82. The van der Waals surface area contributed by atoms with Gasteiger partial charge in [0.2, 0.25) is 15.9 Å². The van der Waals surface area contributed by atoms with Gasteiger partial charge in [-0.1, -0.05) is 17.7 Å². The highest BCUT2D eigenvalue weighted by Crippen LogP contribution is 2.24. The molecule has 0 bridgehead atoms. The van der Waals surface area contributed by atoms with E-state index in [9.17, 15) is 18.0 Å². The molecule has 0 spiro atoms. The molecule has 1 aliphatic heterocycles. The number of amides is 3. The van der Waals surface area contributed by atoms with Gasteiger partial charge in [-0.15, -0.1) is 0 Å². The average molecular weight is 375 g/mol. The largest absolute Gasteiger partial charge is 0.337 e. The van der Waals surface area contributed by atoms with Crippen molar-refractivity contribution in [2.45, 2.75) is 12.5 Å². The fourth-order valence-corrected chi connectivity index (χ4v) is 3.00. The number of sulfonamides is 1. The molecule has 2 rings (SSSR count). The van der Waals surface area contributed by atoms with Crippen LogP contribution in [0.25, 0.3) is 0 Å². The van der Waals surface area contributed by atoms with E-state index in [4.69, 9.17) is 11.6 Å². The Morgan fingerprint density at radius 3 is 2.79 bits per heavy atom. The number of nitrogens with one attached hydrogen (secondary N) is 3. The van der Waals surface area contributed by atoms with Crippen LogP contribution >= 0.6 is 11.6 Å². The van der Waals surface area contributed by atoms with Crippen molar-refractivity contribution in [3.8, 4) is 0 Å². The van der Waals surface area contributed by atoms with E-state index in [2.05, 4.69) is 15.4 Å². The van der Waals surface area contributed by atoms with Gasteiger partial charge in [0.25, 0.3) is 0 Å². The number of hydrogen-bond donors (Lipinski definition) is 3. The Bertz CT molecular complexity index is 725. The molecule has 10 heteroatoms. The molecule has 1 aromatic carbocycles. The number of urea groups is 1. The highest BCUT2D eigenvalue weighted by Gasteiger charge is 2.31. The summed E-state index contributed by atoms with van der Waals surface area (Å²) in [5.41, 5.74) is 0.689. The van der Waals surface area contributed by atoms with Gasteiger partial charge in [0.1, 0.15) is 0 Å². The summed E-state index contributed by atoms with van der Waals surface area (Å²) in [5.74, 6) is -0.0960. The van der Waals surface area contributed by atoms with Gasteiger partial charge in [-0.25, -0.2) is 17.9 Å². The molecule has 0 aromatic heterocycles. The van der Waals surface area contributed by atoms with Crippen molar-refractivity contribution in [3.63, 3.8) is 0 Å². The van der Waals surface area contributed by atoms with Crippen LogP contribution in [0.3, 0.4) is 0 Å². The van der Waals surface area contributed by atoms with E-state index in [1.54, 1.807) is 29.2 Å². The van der Waals surface area contributed by atoms with E-state index in [1.165, 1.54) is 0 Å². The first kappa shape index (κ1) is 18.5. The van der Waals surface area contributed by atoms with Crippen molar-refractivity contribution in [1.29, 1.82) is 0 Å². The lowest BCUT2D eigenvalue weighted by atomic mass is 10.2. The van der Waals surface area contributed by atoms with Gasteiger partial charge in [0.15, 0.2) is 0 Å². The number of carbonyl (C=O) groups is 2. The van der Waals surface area contributed by atoms with E-state index in [0.717, 1.165) is 6.26 Å². The van der Waals surface area contributed by atoms with Crippen molar-refractivity contribution in [2.24, 2.45) is 0 Å². The molecule has 1 saturated heterocycles. The molecule has 0 radical (unpaired) electrons. The first-order chi connectivity index (χ1) is 11.2. The van der Waals surface area contributed by atoms with E-state index < -0.39 is 16.1 Å². The molecule has 3 amide bonds. The van der Waals surface area contributed by atoms with Gasteiger partial charge in [-0.2, -0.15) is 0 Å². The normalized spacial score (nSPS) is 17.8. The van der Waals surface area contributed by atoms with Gasteiger partial charge in [0.05, 0.1) is 12.3 Å². The Balaban J connectivity index is 1.80. The van der Waals surface area contributed by atoms with E-state index >= 15 is 0 Å². The molecular formula is C14H19ClN4O4S. The minimum Gasteiger partial charge on any atom is -0.337 e. The van der Waals surface area contributed by atoms with Crippen LogP contribution in [0.1, 0.15) is 6.42 Å². The van der Waals surface area contributed by atoms with Crippen LogP contribution in [0, 0.1) is 0 Å². The van der Waals surface area contributed by atoms with Gasteiger partial charge in [-0.3, -0.25) is 4.79 Å². The number of halogens is 1. The lowest BCUT2D eigenvalue weighted by molar-refractivity contribution is -0.117. The Morgan fingerprint density at radius 2 is 2.12 bits per heavy atom. The minimum atomic E-state index is -3.28. The van der Waals surface area contributed by atoms with Crippen LogP contribution in [0.15, 0.2) is 24.3 Å². The monoisotopic (exact) mass is 374 g/mol. The number of anilines is 1. The molecule has 132 valence electrons. The molecule has 0 saturated carbocycles. The molecule has 0 aliphatic carbocycles. The predicted octanol–water partition coefficient (Wildman–Crippen LogP) is 0.294. The van der Waals surface area contributed by atoms with E-state index in [-0.39, 0.29) is 31.5 Å². The Kier molecular flexibility index (Phi) is 6.03. The molecular weight excluding hydrogens is 356 g/mol. The van der Waals surface area contributed by atoms with Crippen molar-refractivity contribution >= 4 is 39.2 Å². The zero-order chi connectivity index (χ0) is 17.7. The summed E-state index contributed by atoms with van der Waals surface area (Å²) in [6.07, 6.45) is 1.24. The maximum Gasteiger partial charge on any atom is 0.315 e. The second-order valence-corrected chi connectivity index (χ2v) is 7.72. The highest BCUT2D eigenvalue weighted by atomic mass is 35.5. The summed E-state index contributed by atoms with van der Waals surface area (Å²) in [6, 6.07) is 6.18. The number of hydrogen-bond acceptors (Lipinski definition) is 4. The first-order valence-corrected chi connectivity index (χ1v) is 9.56. The summed E-state index contributed by atoms with van der Waals surface area (Å²) in [7, 11) is -3.28. The zero-order valence-electron chi connectivity index (χ0n) is 13.1. The van der Waals surface area contributed by atoms with Crippen LogP contribution in [0.2, 0.25) is 5.02 Å². The van der Waals surface area contributed by atoms with Crippen molar-refractivity contribution in [1.82, 2.24) is 15.4 Å². The standard InChI is InChI=1S/C14H19ClN4O4S/c1-24(22,23)17-6-5-16-14(21)18-11-8-13(20)19(9-11)12-4-2-3-10(15)7-12/h2-4,7,11,17H,5-6,8-9H2,1H3,(H2,16,18,21). The summed E-state index contributed by atoms with van der Waals surface area (Å²) in [6.45, 7) is 0.607. The van der Waals surface area contributed by atoms with Gasteiger partial charge >= 0.3 is 6.03 Å². The van der Waals surface area contributed by atoms with Crippen LogP contribution in [0.4, 0.5) is 10.5 Å². The fraction of sp³-hybridized carbons (Fsp3) is 0.429. The van der Waals surface area contributed by atoms with Crippen LogP contribution in [-0.2, 0) is 14.8 Å². The number of benzene rings is 1. The zero-order valence-corrected chi connectivity index (χ0v) is 14.7. The quantitative estimate of drug-likeness (QED) is 0.622.